The first-order valence-electron chi connectivity index (χ1n) is 5.52. The molecule has 2 heterocycles. The van der Waals surface area contributed by atoms with E-state index in [0.29, 0.717) is 10.7 Å². The Morgan fingerprint density at radius 2 is 2.05 bits per heavy atom. The van der Waals surface area contributed by atoms with Crippen LogP contribution >= 0.6 is 22.9 Å². The van der Waals surface area contributed by atoms with E-state index >= 15 is 0 Å². The third-order valence-corrected chi connectivity index (χ3v) is 4.10. The van der Waals surface area contributed by atoms with Gasteiger partial charge in [-0.25, -0.2) is 4.79 Å². The number of thiophene rings is 1. The summed E-state index contributed by atoms with van der Waals surface area (Å²) in [6.45, 7) is 0. The summed E-state index contributed by atoms with van der Waals surface area (Å²) in [4.78, 5) is 16.1. The Bertz CT molecular complexity index is 782. The third kappa shape index (κ3) is 2.32. The van der Waals surface area contributed by atoms with Crippen molar-refractivity contribution in [3.63, 3.8) is 0 Å². The maximum absolute atomic E-state index is 11.0. The van der Waals surface area contributed by atoms with Crippen molar-refractivity contribution in [1.29, 1.82) is 0 Å². The molecule has 3 nitrogen and oxygen atoms in total. The summed E-state index contributed by atoms with van der Waals surface area (Å²) in [5.74, 6) is -0.951. The summed E-state index contributed by atoms with van der Waals surface area (Å²) in [6, 6.07) is 10.7. The van der Waals surface area contributed by atoms with Crippen LogP contribution in [-0.4, -0.2) is 16.1 Å². The minimum atomic E-state index is -0.951. The van der Waals surface area contributed by atoms with Gasteiger partial charge in [0.1, 0.15) is 0 Å². The summed E-state index contributed by atoms with van der Waals surface area (Å²) in [6.07, 6.45) is 1.51. The minimum Gasteiger partial charge on any atom is -0.478 e. The van der Waals surface area contributed by atoms with Crippen LogP contribution in [0.1, 0.15) is 10.4 Å². The molecule has 0 aliphatic heterocycles. The lowest BCUT2D eigenvalue weighted by Crippen LogP contribution is -1.96. The molecule has 94 valence electrons. The molecule has 2 aromatic heterocycles. The number of nitrogens with zero attached hydrogens (tertiary/aromatic N) is 1. The SMILES string of the molecule is O=C(O)c1ccnc(-c2cc3ccc(Cl)cc3s2)c1. The Kier molecular flexibility index (Phi) is 2.97. The minimum absolute atomic E-state index is 0.237. The Morgan fingerprint density at radius 3 is 2.84 bits per heavy atom. The van der Waals surface area contributed by atoms with E-state index in [0.717, 1.165) is 15.0 Å². The molecular weight excluding hydrogens is 282 g/mol. The van der Waals surface area contributed by atoms with Gasteiger partial charge in [-0.1, -0.05) is 17.7 Å². The van der Waals surface area contributed by atoms with Crippen molar-refractivity contribution in [2.24, 2.45) is 0 Å². The van der Waals surface area contributed by atoms with Gasteiger partial charge in [-0.2, -0.15) is 0 Å². The molecule has 0 radical (unpaired) electrons. The van der Waals surface area contributed by atoms with Gasteiger partial charge in [0.25, 0.3) is 0 Å². The Labute approximate surface area is 118 Å². The predicted molar refractivity (Wildman–Crippen MR) is 77.0 cm³/mol. The molecule has 0 saturated carbocycles. The van der Waals surface area contributed by atoms with E-state index in [1.165, 1.54) is 12.3 Å². The fraction of sp³-hybridized carbons (Fsp3) is 0. The first-order chi connectivity index (χ1) is 9.13. The number of pyridine rings is 1. The second-order valence-corrected chi connectivity index (χ2v) is 5.55. The summed E-state index contributed by atoms with van der Waals surface area (Å²) in [5.41, 5.74) is 0.901. The molecule has 5 heteroatoms. The van der Waals surface area contributed by atoms with Gasteiger partial charge in [0.2, 0.25) is 0 Å². The molecule has 3 aromatic rings. The summed E-state index contributed by atoms with van der Waals surface area (Å²) < 4.78 is 1.06. The van der Waals surface area contributed by atoms with Crippen LogP contribution in [0.3, 0.4) is 0 Å². The van der Waals surface area contributed by atoms with Crippen LogP contribution in [0.4, 0.5) is 0 Å². The molecule has 0 unspecified atom stereocenters. The van der Waals surface area contributed by atoms with E-state index < -0.39 is 5.97 Å². The number of aromatic carboxylic acids is 1. The number of benzene rings is 1. The summed E-state index contributed by atoms with van der Waals surface area (Å²) in [7, 11) is 0. The highest BCUT2D eigenvalue weighted by atomic mass is 35.5. The highest BCUT2D eigenvalue weighted by Gasteiger charge is 2.09. The molecule has 0 atom stereocenters. The van der Waals surface area contributed by atoms with Crippen LogP contribution in [-0.2, 0) is 0 Å². The monoisotopic (exact) mass is 289 g/mol. The largest absolute Gasteiger partial charge is 0.478 e. The molecule has 1 aromatic carbocycles. The van der Waals surface area contributed by atoms with Crippen molar-refractivity contribution in [3.05, 3.63) is 53.2 Å². The number of carboxylic acid groups (broad SMARTS) is 1. The van der Waals surface area contributed by atoms with Crippen molar-refractivity contribution < 1.29 is 9.90 Å². The molecule has 3 rings (SSSR count). The first-order valence-corrected chi connectivity index (χ1v) is 6.72. The summed E-state index contributed by atoms with van der Waals surface area (Å²) >= 11 is 7.50. The molecule has 0 aliphatic carbocycles. The molecule has 0 aliphatic rings. The van der Waals surface area contributed by atoms with Gasteiger partial charge in [-0.3, -0.25) is 4.98 Å². The number of carboxylic acids is 1. The van der Waals surface area contributed by atoms with Crippen LogP contribution < -0.4 is 0 Å². The molecule has 0 fully saturated rings. The maximum atomic E-state index is 11.0. The van der Waals surface area contributed by atoms with Crippen LogP contribution in [0, 0.1) is 0 Å². The van der Waals surface area contributed by atoms with Gasteiger partial charge in [0, 0.05) is 15.9 Å². The predicted octanol–water partition coefficient (Wildman–Crippen LogP) is 4.31. The molecule has 0 spiro atoms. The van der Waals surface area contributed by atoms with Gasteiger partial charge in [0.15, 0.2) is 0 Å². The van der Waals surface area contributed by atoms with E-state index in [9.17, 15) is 4.79 Å². The van der Waals surface area contributed by atoms with E-state index in [4.69, 9.17) is 16.7 Å². The topological polar surface area (TPSA) is 50.2 Å². The standard InChI is InChI=1S/C14H8ClNO2S/c15-10-2-1-8-6-13(19-12(8)7-10)11-5-9(14(17)18)3-4-16-11/h1-7H,(H,17,18). The molecule has 19 heavy (non-hydrogen) atoms. The number of halogens is 1. The molecule has 1 N–H and O–H groups in total. The highest BCUT2D eigenvalue weighted by Crippen LogP contribution is 2.34. The van der Waals surface area contributed by atoms with Crippen molar-refractivity contribution >= 4 is 39.0 Å². The zero-order valence-corrected chi connectivity index (χ0v) is 11.2. The van der Waals surface area contributed by atoms with Crippen molar-refractivity contribution in [3.8, 4) is 10.6 Å². The Hall–Kier alpha value is -1.91. The van der Waals surface area contributed by atoms with Gasteiger partial charge in [0.05, 0.1) is 16.1 Å². The van der Waals surface area contributed by atoms with E-state index in [1.54, 1.807) is 17.4 Å². The van der Waals surface area contributed by atoms with Crippen LogP contribution in [0.15, 0.2) is 42.6 Å². The van der Waals surface area contributed by atoms with Crippen LogP contribution in [0.25, 0.3) is 20.7 Å². The Balaban J connectivity index is 2.13. The zero-order valence-electron chi connectivity index (χ0n) is 9.63. The average molecular weight is 290 g/mol. The fourth-order valence-electron chi connectivity index (χ4n) is 1.83. The number of rotatable bonds is 2. The number of fused-ring (bicyclic) bond motifs is 1. The Morgan fingerprint density at radius 1 is 1.21 bits per heavy atom. The second-order valence-electron chi connectivity index (χ2n) is 4.03. The van der Waals surface area contributed by atoms with Crippen molar-refractivity contribution in [1.82, 2.24) is 4.98 Å². The van der Waals surface area contributed by atoms with Gasteiger partial charge in [-0.05, 0) is 35.7 Å². The number of aromatic nitrogens is 1. The molecule has 0 bridgehead atoms. The van der Waals surface area contributed by atoms with Gasteiger partial charge in [-0.15, -0.1) is 11.3 Å². The van der Waals surface area contributed by atoms with E-state index in [2.05, 4.69) is 4.98 Å². The third-order valence-electron chi connectivity index (χ3n) is 2.74. The normalized spacial score (nSPS) is 10.8. The van der Waals surface area contributed by atoms with Gasteiger partial charge < -0.3 is 5.11 Å². The zero-order chi connectivity index (χ0) is 13.4. The van der Waals surface area contributed by atoms with E-state index in [-0.39, 0.29) is 5.56 Å². The average Bonchev–Trinajstić information content (AvgIpc) is 2.81. The lowest BCUT2D eigenvalue weighted by atomic mass is 10.2. The lowest BCUT2D eigenvalue weighted by molar-refractivity contribution is 0.0697. The molecule has 0 saturated heterocycles. The number of hydrogen-bond donors (Lipinski definition) is 1. The fourth-order valence-corrected chi connectivity index (χ4v) is 3.14. The smallest absolute Gasteiger partial charge is 0.335 e. The summed E-state index contributed by atoms with van der Waals surface area (Å²) in [5, 5.41) is 10.8. The first kappa shape index (κ1) is 12.1. The number of carbonyl (C=O) groups is 1. The van der Waals surface area contributed by atoms with Crippen LogP contribution in [0.5, 0.6) is 0 Å². The van der Waals surface area contributed by atoms with Crippen LogP contribution in [0.2, 0.25) is 5.02 Å². The van der Waals surface area contributed by atoms with Gasteiger partial charge >= 0.3 is 5.97 Å². The quantitative estimate of drug-likeness (QED) is 0.764. The lowest BCUT2D eigenvalue weighted by Gasteiger charge is -1.97. The van der Waals surface area contributed by atoms with Crippen molar-refractivity contribution in [2.75, 3.05) is 0 Å². The molecule has 0 amide bonds. The second kappa shape index (κ2) is 4.64. The number of hydrogen-bond acceptors (Lipinski definition) is 3. The maximum Gasteiger partial charge on any atom is 0.335 e. The van der Waals surface area contributed by atoms with E-state index in [1.807, 2.05) is 24.3 Å². The molecular formula is C14H8ClNO2S. The highest BCUT2D eigenvalue weighted by molar-refractivity contribution is 7.22. The van der Waals surface area contributed by atoms with Crippen molar-refractivity contribution in [2.45, 2.75) is 0 Å².